The van der Waals surface area contributed by atoms with Gasteiger partial charge < -0.3 is 14.5 Å². The van der Waals surface area contributed by atoms with E-state index < -0.39 is 0 Å². The Morgan fingerprint density at radius 1 is 0.437 bits per heavy atom. The standard InChI is InChI=1S/C66H76N4O/c1-61(2,3)47-33-48(62(4,5)6)36-51(35-47)69-43-68(42-58(69)66(15,16)45-27-21-18-22-28-45)50-34-49(63(7,8)9)37-52(39-50)71-53-40-55(64(10,11)12)60-54-29-23-24-30-56(54)70(57(60)41-53)59-38-46(31-32-67-59)65(13,14)44-25-19-17-20-26-44/h17-42H,43H2,1-16H3. The van der Waals surface area contributed by atoms with Crippen LogP contribution in [0.4, 0.5) is 11.4 Å². The zero-order valence-corrected chi connectivity index (χ0v) is 45.4. The Balaban J connectivity index is 1.20. The molecule has 0 fully saturated rings. The first-order valence-electron chi connectivity index (χ1n) is 25.6. The van der Waals surface area contributed by atoms with Gasteiger partial charge in [0.1, 0.15) is 17.3 Å². The summed E-state index contributed by atoms with van der Waals surface area (Å²) in [4.78, 5) is 10.1. The molecule has 366 valence electrons. The number of fused-ring (bicyclic) bond motifs is 3. The Labute approximate surface area is 425 Å². The predicted octanol–water partition coefficient (Wildman–Crippen LogP) is 17.6. The molecule has 0 radical (unpaired) electrons. The second-order valence-corrected chi connectivity index (χ2v) is 25.2. The molecule has 0 saturated heterocycles. The third kappa shape index (κ3) is 9.53. The van der Waals surface area contributed by atoms with E-state index in [-0.39, 0.29) is 32.5 Å². The lowest BCUT2D eigenvalue weighted by atomic mass is 9.78. The summed E-state index contributed by atoms with van der Waals surface area (Å²) < 4.78 is 9.61. The second kappa shape index (κ2) is 17.6. The highest BCUT2D eigenvalue weighted by atomic mass is 16.5. The normalized spacial score (nSPS) is 14.2. The molecule has 0 atom stereocenters. The summed E-state index contributed by atoms with van der Waals surface area (Å²) in [7, 11) is 0. The van der Waals surface area contributed by atoms with Crippen molar-refractivity contribution in [2.75, 3.05) is 16.5 Å². The van der Waals surface area contributed by atoms with E-state index in [9.17, 15) is 0 Å². The van der Waals surface area contributed by atoms with Crippen LogP contribution >= 0.6 is 0 Å². The fraction of sp³-hybridized carbons (Fsp3) is 0.348. The lowest BCUT2D eigenvalue weighted by Gasteiger charge is -2.36. The van der Waals surface area contributed by atoms with Gasteiger partial charge in [0.05, 0.1) is 17.7 Å². The summed E-state index contributed by atoms with van der Waals surface area (Å²) in [5.41, 5.74) is 13.7. The van der Waals surface area contributed by atoms with Crippen LogP contribution in [0, 0.1) is 0 Å². The van der Waals surface area contributed by atoms with E-state index >= 15 is 0 Å². The SMILES string of the molecule is CC(C)(C)c1cc(Oc2cc(C(C)(C)C)c3c4ccccc4n(-c4cc(C(C)(C)c5ccccc5)ccn4)c3c2)cc(N2C=C(C(C)(C)c3ccccc3)N(c3cc(C(C)(C)C)cc(C(C)(C)C)c3)C2)c1. The molecule has 0 N–H and O–H groups in total. The number of ether oxygens (including phenoxy) is 1. The molecule has 71 heavy (non-hydrogen) atoms. The van der Waals surface area contributed by atoms with Crippen molar-refractivity contribution in [2.45, 2.75) is 143 Å². The van der Waals surface area contributed by atoms with Crippen molar-refractivity contribution in [1.29, 1.82) is 0 Å². The monoisotopic (exact) mass is 941 g/mol. The molecule has 0 unspecified atom stereocenters. The molecule has 1 aliphatic rings. The third-order valence-electron chi connectivity index (χ3n) is 15.0. The molecule has 5 nitrogen and oxygen atoms in total. The minimum atomic E-state index is -0.306. The van der Waals surface area contributed by atoms with Crippen molar-refractivity contribution in [3.63, 3.8) is 0 Å². The topological polar surface area (TPSA) is 33.5 Å². The van der Waals surface area contributed by atoms with Crippen molar-refractivity contribution in [3.05, 3.63) is 203 Å². The Hall–Kier alpha value is -6.59. The van der Waals surface area contributed by atoms with E-state index in [1.165, 1.54) is 61.1 Å². The zero-order chi connectivity index (χ0) is 51.1. The summed E-state index contributed by atoms with van der Waals surface area (Å²) in [6.45, 7) is 37.7. The first-order valence-corrected chi connectivity index (χ1v) is 25.6. The molecule has 8 aromatic rings. The number of hydrogen-bond donors (Lipinski definition) is 0. The predicted molar refractivity (Wildman–Crippen MR) is 302 cm³/mol. The van der Waals surface area contributed by atoms with E-state index in [2.05, 4.69) is 277 Å². The average molecular weight is 941 g/mol. The van der Waals surface area contributed by atoms with Gasteiger partial charge in [-0.15, -0.1) is 0 Å². The van der Waals surface area contributed by atoms with Gasteiger partial charge in [-0.05, 0) is 109 Å². The summed E-state index contributed by atoms with van der Waals surface area (Å²) >= 11 is 0. The van der Waals surface area contributed by atoms with Crippen molar-refractivity contribution in [2.24, 2.45) is 0 Å². The summed E-state index contributed by atoms with van der Waals surface area (Å²) in [5, 5.41) is 2.42. The van der Waals surface area contributed by atoms with E-state index in [1.54, 1.807) is 0 Å². The van der Waals surface area contributed by atoms with Gasteiger partial charge in [-0.2, -0.15) is 0 Å². The van der Waals surface area contributed by atoms with Crippen LogP contribution in [-0.2, 0) is 32.5 Å². The number of allylic oxidation sites excluding steroid dienone is 1. The summed E-state index contributed by atoms with van der Waals surface area (Å²) in [5.74, 6) is 2.48. The molecule has 1 aliphatic heterocycles. The van der Waals surface area contributed by atoms with Crippen LogP contribution in [0.5, 0.6) is 11.5 Å². The number of hydrogen-bond acceptors (Lipinski definition) is 4. The van der Waals surface area contributed by atoms with Crippen molar-refractivity contribution in [1.82, 2.24) is 9.55 Å². The van der Waals surface area contributed by atoms with Gasteiger partial charge in [0.2, 0.25) is 0 Å². The molecule has 6 aromatic carbocycles. The van der Waals surface area contributed by atoms with Crippen molar-refractivity contribution in [3.8, 4) is 17.3 Å². The fourth-order valence-electron chi connectivity index (χ4n) is 10.3. The Morgan fingerprint density at radius 2 is 0.972 bits per heavy atom. The number of benzene rings is 6. The molecule has 0 bridgehead atoms. The minimum Gasteiger partial charge on any atom is -0.457 e. The van der Waals surface area contributed by atoms with Crippen molar-refractivity contribution < 1.29 is 4.74 Å². The molecular formula is C66H76N4O. The van der Waals surface area contributed by atoms with E-state index in [4.69, 9.17) is 9.72 Å². The van der Waals surface area contributed by atoms with Gasteiger partial charge in [-0.1, -0.05) is 196 Å². The Morgan fingerprint density at radius 3 is 1.56 bits per heavy atom. The maximum absolute atomic E-state index is 7.27. The van der Waals surface area contributed by atoms with Crippen LogP contribution in [-0.4, -0.2) is 16.2 Å². The van der Waals surface area contributed by atoms with Gasteiger partial charge in [0.15, 0.2) is 0 Å². The number of rotatable bonds is 9. The smallest absolute Gasteiger partial charge is 0.137 e. The largest absolute Gasteiger partial charge is 0.457 e. The van der Waals surface area contributed by atoms with Crippen LogP contribution in [0.2, 0.25) is 0 Å². The average Bonchev–Trinajstić information content (AvgIpc) is 3.92. The number of para-hydroxylation sites is 1. The van der Waals surface area contributed by atoms with Gasteiger partial charge in [0, 0.05) is 63.2 Å². The highest BCUT2D eigenvalue weighted by molar-refractivity contribution is 6.11. The Kier molecular flexibility index (Phi) is 12.3. The van der Waals surface area contributed by atoms with E-state index in [0.29, 0.717) is 6.67 Å². The highest BCUT2D eigenvalue weighted by Crippen LogP contribution is 2.46. The molecule has 9 rings (SSSR count). The fourth-order valence-corrected chi connectivity index (χ4v) is 10.3. The number of pyridine rings is 1. The molecule has 0 saturated carbocycles. The minimum absolute atomic E-state index is 0.0222. The second-order valence-electron chi connectivity index (χ2n) is 25.2. The summed E-state index contributed by atoms with van der Waals surface area (Å²) in [6.07, 6.45) is 4.35. The van der Waals surface area contributed by atoms with Crippen LogP contribution in [0.3, 0.4) is 0 Å². The Bertz CT molecular complexity index is 3260. The van der Waals surface area contributed by atoms with E-state index in [0.717, 1.165) is 34.0 Å². The molecule has 5 heteroatoms. The molecule has 2 aromatic heterocycles. The highest BCUT2D eigenvalue weighted by Gasteiger charge is 2.37. The van der Waals surface area contributed by atoms with Crippen LogP contribution in [0.1, 0.15) is 150 Å². The lowest BCUT2D eigenvalue weighted by molar-refractivity contribution is 0.476. The number of aromatic nitrogens is 2. The van der Waals surface area contributed by atoms with Gasteiger partial charge in [0.25, 0.3) is 0 Å². The molecular weight excluding hydrogens is 865 g/mol. The van der Waals surface area contributed by atoms with Crippen LogP contribution in [0.15, 0.2) is 164 Å². The van der Waals surface area contributed by atoms with Crippen molar-refractivity contribution >= 4 is 33.2 Å². The third-order valence-corrected chi connectivity index (χ3v) is 15.0. The molecule has 0 spiro atoms. The van der Waals surface area contributed by atoms with Gasteiger partial charge in [-0.25, -0.2) is 4.98 Å². The maximum atomic E-state index is 7.27. The molecule has 0 amide bonds. The lowest BCUT2D eigenvalue weighted by Crippen LogP contribution is -2.34. The van der Waals surface area contributed by atoms with E-state index in [1.807, 2.05) is 6.20 Å². The van der Waals surface area contributed by atoms with Gasteiger partial charge in [-0.3, -0.25) is 4.57 Å². The first kappa shape index (κ1) is 49.4. The van der Waals surface area contributed by atoms with Gasteiger partial charge >= 0.3 is 0 Å². The number of nitrogens with zero attached hydrogens (tertiary/aromatic N) is 4. The van der Waals surface area contributed by atoms with Crippen LogP contribution in [0.25, 0.3) is 27.6 Å². The number of anilines is 2. The molecule has 0 aliphatic carbocycles. The summed E-state index contributed by atoms with van der Waals surface area (Å²) in [6, 6.07) is 53.5. The first-order chi connectivity index (χ1) is 33.2. The quantitative estimate of drug-likeness (QED) is 0.144. The molecule has 3 heterocycles. The zero-order valence-electron chi connectivity index (χ0n) is 45.4. The maximum Gasteiger partial charge on any atom is 0.137 e. The van der Waals surface area contributed by atoms with Crippen LogP contribution < -0.4 is 14.5 Å².